The van der Waals surface area contributed by atoms with E-state index in [0.717, 1.165) is 35.7 Å². The molecule has 1 saturated carbocycles. The molecule has 1 aliphatic carbocycles. The van der Waals surface area contributed by atoms with E-state index < -0.39 is 0 Å². The van der Waals surface area contributed by atoms with Gasteiger partial charge in [-0.1, -0.05) is 35.9 Å². The van der Waals surface area contributed by atoms with Gasteiger partial charge >= 0.3 is 0 Å². The number of hydrazone groups is 1. The summed E-state index contributed by atoms with van der Waals surface area (Å²) in [5.74, 6) is 0.791. The summed E-state index contributed by atoms with van der Waals surface area (Å²) in [4.78, 5) is 16.9. The first-order valence-electron chi connectivity index (χ1n) is 10.4. The van der Waals surface area contributed by atoms with E-state index in [4.69, 9.17) is 9.52 Å². The van der Waals surface area contributed by atoms with Crippen LogP contribution >= 0.6 is 11.3 Å². The number of benzene rings is 1. The maximum atomic E-state index is 13.4. The molecule has 5 nitrogen and oxygen atoms in total. The summed E-state index contributed by atoms with van der Waals surface area (Å²) >= 11 is 1.67. The third kappa shape index (κ3) is 4.11. The van der Waals surface area contributed by atoms with E-state index in [9.17, 15) is 4.79 Å². The third-order valence-electron chi connectivity index (χ3n) is 5.75. The van der Waals surface area contributed by atoms with Crippen LogP contribution in [-0.4, -0.2) is 34.1 Å². The van der Waals surface area contributed by atoms with Gasteiger partial charge in [-0.3, -0.25) is 9.69 Å². The molecule has 3 aromatic rings. The Morgan fingerprint density at radius 2 is 2.03 bits per heavy atom. The van der Waals surface area contributed by atoms with Gasteiger partial charge in [0.05, 0.1) is 18.8 Å². The summed E-state index contributed by atoms with van der Waals surface area (Å²) in [6, 6.07) is 16.9. The van der Waals surface area contributed by atoms with Crippen molar-refractivity contribution in [2.75, 3.05) is 6.54 Å². The minimum atomic E-state index is -0.0574. The molecule has 1 aliphatic heterocycles. The molecule has 0 spiro atoms. The van der Waals surface area contributed by atoms with E-state index in [0.29, 0.717) is 19.0 Å². The van der Waals surface area contributed by atoms with Gasteiger partial charge in [0.15, 0.2) is 0 Å². The van der Waals surface area contributed by atoms with Crippen LogP contribution in [0.1, 0.15) is 47.1 Å². The highest BCUT2D eigenvalue weighted by atomic mass is 32.1. The van der Waals surface area contributed by atoms with Gasteiger partial charge in [0.2, 0.25) is 0 Å². The normalized spacial score (nSPS) is 18.8. The molecule has 1 amide bonds. The number of amides is 1. The highest BCUT2D eigenvalue weighted by molar-refractivity contribution is 7.10. The van der Waals surface area contributed by atoms with Crippen LogP contribution in [0.3, 0.4) is 0 Å². The maximum Gasteiger partial charge on any atom is 0.257 e. The number of thiophene rings is 1. The topological polar surface area (TPSA) is 49.1 Å². The fraction of sp³-hybridized carbons (Fsp3) is 0.333. The lowest BCUT2D eigenvalue weighted by molar-refractivity contribution is -0.134. The lowest BCUT2D eigenvalue weighted by Gasteiger charge is -2.26. The summed E-state index contributed by atoms with van der Waals surface area (Å²) < 4.78 is 5.55. The molecule has 1 fully saturated rings. The minimum absolute atomic E-state index is 0.0500. The number of hydrogen-bond donors (Lipinski definition) is 0. The zero-order chi connectivity index (χ0) is 20.5. The predicted molar refractivity (Wildman–Crippen MR) is 118 cm³/mol. The molecule has 1 unspecified atom stereocenters. The average Bonchev–Trinajstić information content (AvgIpc) is 3.18. The molecule has 6 heteroatoms. The number of carbonyl (C=O) groups excluding carboxylic acids is 1. The molecule has 0 radical (unpaired) electrons. The van der Waals surface area contributed by atoms with Gasteiger partial charge in [0, 0.05) is 23.9 Å². The van der Waals surface area contributed by atoms with Crippen LogP contribution in [0, 0.1) is 6.92 Å². The van der Waals surface area contributed by atoms with Crippen molar-refractivity contribution >= 4 is 23.0 Å². The third-order valence-corrected chi connectivity index (χ3v) is 6.72. The van der Waals surface area contributed by atoms with Crippen molar-refractivity contribution in [1.82, 2.24) is 9.91 Å². The maximum absolute atomic E-state index is 13.4. The van der Waals surface area contributed by atoms with Crippen LogP contribution in [-0.2, 0) is 11.3 Å². The average molecular weight is 420 g/mol. The summed E-state index contributed by atoms with van der Waals surface area (Å²) in [5.41, 5.74) is 3.34. The Morgan fingerprint density at radius 1 is 1.20 bits per heavy atom. The quantitative estimate of drug-likeness (QED) is 0.542. The first-order valence-corrected chi connectivity index (χ1v) is 11.3. The summed E-state index contributed by atoms with van der Waals surface area (Å²) in [7, 11) is 0. The monoisotopic (exact) mass is 419 g/mol. The highest BCUT2D eigenvalue weighted by Crippen LogP contribution is 2.36. The van der Waals surface area contributed by atoms with Crippen molar-refractivity contribution in [3.8, 4) is 0 Å². The lowest BCUT2D eigenvalue weighted by Crippen LogP contribution is -2.38. The second-order valence-electron chi connectivity index (χ2n) is 8.12. The smallest absolute Gasteiger partial charge is 0.257 e. The van der Waals surface area contributed by atoms with Gasteiger partial charge in [0.1, 0.15) is 11.5 Å². The largest absolute Gasteiger partial charge is 0.463 e. The van der Waals surface area contributed by atoms with Gasteiger partial charge in [-0.05, 0) is 48.9 Å². The van der Waals surface area contributed by atoms with E-state index >= 15 is 0 Å². The van der Waals surface area contributed by atoms with Crippen molar-refractivity contribution in [3.05, 3.63) is 81.9 Å². The molecule has 0 saturated heterocycles. The molecule has 30 heavy (non-hydrogen) atoms. The van der Waals surface area contributed by atoms with E-state index in [1.165, 1.54) is 11.1 Å². The van der Waals surface area contributed by atoms with Gasteiger partial charge in [-0.15, -0.1) is 11.3 Å². The van der Waals surface area contributed by atoms with Gasteiger partial charge < -0.3 is 4.42 Å². The number of hydrogen-bond acceptors (Lipinski definition) is 5. The van der Waals surface area contributed by atoms with Crippen molar-refractivity contribution in [1.29, 1.82) is 0 Å². The van der Waals surface area contributed by atoms with Crippen molar-refractivity contribution in [2.24, 2.45) is 5.10 Å². The zero-order valence-corrected chi connectivity index (χ0v) is 17.8. The number of nitrogens with zero attached hydrogens (tertiary/aromatic N) is 3. The molecular formula is C24H25N3O2S. The number of rotatable bonds is 7. The summed E-state index contributed by atoms with van der Waals surface area (Å²) in [6.07, 6.45) is 4.66. The number of aryl methyl sites for hydroxylation is 1. The van der Waals surface area contributed by atoms with Crippen LogP contribution in [0.2, 0.25) is 0 Å². The summed E-state index contributed by atoms with van der Waals surface area (Å²) in [5, 5.41) is 8.45. The fourth-order valence-corrected chi connectivity index (χ4v) is 4.77. The molecule has 2 aromatic heterocycles. The first-order chi connectivity index (χ1) is 14.7. The van der Waals surface area contributed by atoms with Crippen LogP contribution in [0.5, 0.6) is 0 Å². The lowest BCUT2D eigenvalue weighted by atomic mass is 10.1. The SMILES string of the molecule is Cc1ccc(CN(CC(=O)N2N=C(c3ccco3)CC2c2cccs2)C2CC2)cc1. The second-order valence-corrected chi connectivity index (χ2v) is 9.10. The first kappa shape index (κ1) is 19.3. The van der Waals surface area contributed by atoms with E-state index in [-0.39, 0.29) is 11.9 Å². The Morgan fingerprint density at radius 3 is 2.70 bits per heavy atom. The van der Waals surface area contributed by atoms with Crippen LogP contribution < -0.4 is 0 Å². The van der Waals surface area contributed by atoms with Crippen LogP contribution in [0.4, 0.5) is 0 Å². The number of carbonyl (C=O) groups is 1. The Bertz CT molecular complexity index is 1020. The Labute approximate surface area is 180 Å². The minimum Gasteiger partial charge on any atom is -0.463 e. The van der Waals surface area contributed by atoms with E-state index in [2.05, 4.69) is 47.5 Å². The van der Waals surface area contributed by atoms with E-state index in [1.54, 1.807) is 22.6 Å². The molecule has 154 valence electrons. The Hall–Kier alpha value is -2.70. The second kappa shape index (κ2) is 8.20. The fourth-order valence-electron chi connectivity index (χ4n) is 3.96. The molecule has 3 heterocycles. The predicted octanol–water partition coefficient (Wildman–Crippen LogP) is 4.99. The highest BCUT2D eigenvalue weighted by Gasteiger charge is 2.37. The Kier molecular flexibility index (Phi) is 5.27. The van der Waals surface area contributed by atoms with Crippen molar-refractivity contribution in [3.63, 3.8) is 0 Å². The molecule has 0 bridgehead atoms. The molecule has 1 aromatic carbocycles. The molecule has 5 rings (SSSR count). The molecule has 0 N–H and O–H groups in total. The van der Waals surface area contributed by atoms with Crippen molar-refractivity contribution in [2.45, 2.75) is 44.8 Å². The molecule has 2 aliphatic rings. The molecular weight excluding hydrogens is 394 g/mol. The van der Waals surface area contributed by atoms with Gasteiger partial charge in [-0.2, -0.15) is 5.10 Å². The number of furan rings is 1. The standard InChI is InChI=1S/C24H25N3O2S/c1-17-6-8-18(9-7-17)15-26(19-10-11-19)16-24(28)27-21(23-5-3-13-30-23)14-20(25-27)22-4-2-12-29-22/h2-9,12-13,19,21H,10-11,14-16H2,1H3. The summed E-state index contributed by atoms with van der Waals surface area (Å²) in [6.45, 7) is 3.27. The van der Waals surface area contributed by atoms with Crippen LogP contribution in [0.15, 0.2) is 69.7 Å². The van der Waals surface area contributed by atoms with Gasteiger partial charge in [0.25, 0.3) is 5.91 Å². The Balaban J connectivity index is 1.36. The van der Waals surface area contributed by atoms with E-state index in [1.807, 2.05) is 18.2 Å². The zero-order valence-electron chi connectivity index (χ0n) is 17.0. The van der Waals surface area contributed by atoms with Crippen molar-refractivity contribution < 1.29 is 9.21 Å². The molecule has 1 atom stereocenters. The van der Waals surface area contributed by atoms with Crippen LogP contribution in [0.25, 0.3) is 0 Å². The van der Waals surface area contributed by atoms with Gasteiger partial charge in [-0.25, -0.2) is 5.01 Å².